The maximum Gasteiger partial charge on any atom is 0.229 e. The number of nitrogens with one attached hydrogen (secondary N) is 1. The summed E-state index contributed by atoms with van der Waals surface area (Å²) >= 11 is 1.53. The Morgan fingerprint density at radius 1 is 1.30 bits per heavy atom. The molecule has 0 bridgehead atoms. The quantitative estimate of drug-likeness (QED) is 0.757. The molecule has 4 heterocycles. The van der Waals surface area contributed by atoms with Crippen molar-refractivity contribution in [1.82, 2.24) is 14.5 Å². The Labute approximate surface area is 161 Å². The first-order valence-electron chi connectivity index (χ1n) is 9.25. The fraction of sp³-hybridized carbons (Fsp3) is 0.350. The molecule has 1 aromatic carbocycles. The Morgan fingerprint density at radius 2 is 2.19 bits per heavy atom. The van der Waals surface area contributed by atoms with E-state index in [9.17, 15) is 4.79 Å². The van der Waals surface area contributed by atoms with Crippen molar-refractivity contribution in [3.8, 4) is 11.4 Å². The second-order valence-corrected chi connectivity index (χ2v) is 8.04. The normalized spacial score (nSPS) is 18.6. The maximum atomic E-state index is 12.8. The molecule has 1 N–H and O–H groups in total. The summed E-state index contributed by atoms with van der Waals surface area (Å²) in [4.78, 5) is 23.1. The Bertz CT molecular complexity index is 956. The largest absolute Gasteiger partial charge is 0.375 e. The summed E-state index contributed by atoms with van der Waals surface area (Å²) in [5, 5.41) is 3.72. The van der Waals surface area contributed by atoms with Gasteiger partial charge in [-0.15, -0.1) is 0 Å². The summed E-state index contributed by atoms with van der Waals surface area (Å²) in [5.41, 5.74) is 3.30. The monoisotopic (exact) mass is 380 g/mol. The van der Waals surface area contributed by atoms with Gasteiger partial charge in [0.05, 0.1) is 23.8 Å². The SMILES string of the molecule is O=C(Nc1nc2c(s1)COCC2)[C@@H]1CCn2c(cnc2-c2ccccc2)C1. The topological polar surface area (TPSA) is 69.0 Å². The van der Waals surface area contributed by atoms with Gasteiger partial charge in [-0.1, -0.05) is 41.7 Å². The van der Waals surface area contributed by atoms with E-state index < -0.39 is 0 Å². The number of nitrogens with zero attached hydrogens (tertiary/aromatic N) is 3. The zero-order valence-electron chi connectivity index (χ0n) is 14.9. The molecule has 2 aliphatic rings. The van der Waals surface area contributed by atoms with Gasteiger partial charge in [0.1, 0.15) is 5.82 Å². The third kappa shape index (κ3) is 3.17. The van der Waals surface area contributed by atoms with Crippen molar-refractivity contribution in [2.24, 2.45) is 5.92 Å². The molecule has 1 amide bonds. The molecule has 0 unspecified atom stereocenters. The molecule has 0 radical (unpaired) electrons. The first-order chi connectivity index (χ1) is 13.3. The molecule has 2 aliphatic heterocycles. The molecule has 0 aliphatic carbocycles. The number of ether oxygens (including phenoxy) is 1. The van der Waals surface area contributed by atoms with Gasteiger partial charge in [0.25, 0.3) is 0 Å². The van der Waals surface area contributed by atoms with Crippen LogP contribution in [0.3, 0.4) is 0 Å². The molecule has 27 heavy (non-hydrogen) atoms. The lowest BCUT2D eigenvalue weighted by Crippen LogP contribution is -2.30. The summed E-state index contributed by atoms with van der Waals surface area (Å²) in [5.74, 6) is 0.989. The minimum atomic E-state index is -0.0463. The Hall–Kier alpha value is -2.51. The van der Waals surface area contributed by atoms with E-state index in [4.69, 9.17) is 4.74 Å². The average molecular weight is 380 g/mol. The van der Waals surface area contributed by atoms with Crippen LogP contribution in [0.15, 0.2) is 36.5 Å². The predicted molar refractivity (Wildman–Crippen MR) is 104 cm³/mol. The van der Waals surface area contributed by atoms with Crippen molar-refractivity contribution < 1.29 is 9.53 Å². The number of amides is 1. The van der Waals surface area contributed by atoms with Crippen LogP contribution >= 0.6 is 11.3 Å². The molecular formula is C20H20N4O2S. The highest BCUT2D eigenvalue weighted by atomic mass is 32.1. The van der Waals surface area contributed by atoms with Gasteiger partial charge in [0.15, 0.2) is 5.13 Å². The van der Waals surface area contributed by atoms with Crippen LogP contribution in [-0.4, -0.2) is 27.0 Å². The lowest BCUT2D eigenvalue weighted by molar-refractivity contribution is -0.120. The number of thiazole rings is 1. The molecule has 0 fully saturated rings. The van der Waals surface area contributed by atoms with E-state index in [1.807, 2.05) is 24.4 Å². The lowest BCUT2D eigenvalue weighted by Gasteiger charge is -2.24. The van der Waals surface area contributed by atoms with Crippen molar-refractivity contribution in [1.29, 1.82) is 0 Å². The van der Waals surface area contributed by atoms with Crippen LogP contribution in [0.1, 0.15) is 22.7 Å². The Morgan fingerprint density at radius 3 is 3.04 bits per heavy atom. The van der Waals surface area contributed by atoms with E-state index in [1.165, 1.54) is 11.3 Å². The summed E-state index contributed by atoms with van der Waals surface area (Å²) in [6.07, 6.45) is 4.25. The number of hydrogen-bond acceptors (Lipinski definition) is 5. The van der Waals surface area contributed by atoms with Gasteiger partial charge in [-0.2, -0.15) is 0 Å². The van der Waals surface area contributed by atoms with Crippen LogP contribution in [0, 0.1) is 5.92 Å². The van der Waals surface area contributed by atoms with Crippen molar-refractivity contribution >= 4 is 22.4 Å². The maximum absolute atomic E-state index is 12.8. The second kappa shape index (κ2) is 6.90. The highest BCUT2D eigenvalue weighted by Crippen LogP contribution is 2.30. The van der Waals surface area contributed by atoms with E-state index in [2.05, 4.69) is 32.0 Å². The molecule has 0 spiro atoms. The molecule has 2 aromatic heterocycles. The van der Waals surface area contributed by atoms with Gasteiger partial charge in [-0.25, -0.2) is 9.97 Å². The molecule has 7 heteroatoms. The molecule has 1 atom stereocenters. The van der Waals surface area contributed by atoms with Crippen LogP contribution in [-0.2, 0) is 35.5 Å². The fourth-order valence-electron chi connectivity index (χ4n) is 3.79. The Kier molecular flexibility index (Phi) is 4.26. The van der Waals surface area contributed by atoms with Gasteiger partial charge in [0.2, 0.25) is 5.91 Å². The number of fused-ring (bicyclic) bond motifs is 2. The van der Waals surface area contributed by atoms with E-state index in [1.54, 1.807) is 0 Å². The average Bonchev–Trinajstić information content (AvgIpc) is 3.31. The van der Waals surface area contributed by atoms with Crippen LogP contribution < -0.4 is 5.32 Å². The van der Waals surface area contributed by atoms with Gasteiger partial charge < -0.3 is 14.6 Å². The number of anilines is 1. The number of imidazole rings is 1. The number of carbonyl (C=O) groups excluding carboxylic acids is 1. The summed E-state index contributed by atoms with van der Waals surface area (Å²) in [6.45, 7) is 2.12. The van der Waals surface area contributed by atoms with E-state index in [0.29, 0.717) is 24.8 Å². The molecular weight excluding hydrogens is 360 g/mol. The first kappa shape index (κ1) is 16.6. The van der Waals surface area contributed by atoms with Crippen molar-refractivity contribution in [3.63, 3.8) is 0 Å². The van der Waals surface area contributed by atoms with Crippen molar-refractivity contribution in [2.45, 2.75) is 32.4 Å². The van der Waals surface area contributed by atoms with Gasteiger partial charge in [-0.3, -0.25) is 4.79 Å². The summed E-state index contributed by atoms with van der Waals surface area (Å²) in [6, 6.07) is 10.2. The third-order valence-electron chi connectivity index (χ3n) is 5.22. The van der Waals surface area contributed by atoms with Crippen LogP contribution in [0.4, 0.5) is 5.13 Å². The highest BCUT2D eigenvalue weighted by molar-refractivity contribution is 7.15. The number of aromatic nitrogens is 3. The molecule has 0 saturated carbocycles. The zero-order chi connectivity index (χ0) is 18.2. The van der Waals surface area contributed by atoms with Gasteiger partial charge >= 0.3 is 0 Å². The van der Waals surface area contributed by atoms with E-state index in [-0.39, 0.29) is 11.8 Å². The smallest absolute Gasteiger partial charge is 0.229 e. The standard InChI is InChI=1S/C20H20N4O2S/c25-19(23-20-22-16-7-9-26-12-17(16)27-20)14-6-8-24-15(10-14)11-21-18(24)13-4-2-1-3-5-13/h1-5,11,14H,6-10,12H2,(H,22,23,25)/t14-/m1/s1. The van der Waals surface area contributed by atoms with E-state index >= 15 is 0 Å². The molecule has 138 valence electrons. The second-order valence-electron chi connectivity index (χ2n) is 6.96. The lowest BCUT2D eigenvalue weighted by atomic mass is 9.95. The highest BCUT2D eigenvalue weighted by Gasteiger charge is 2.28. The van der Waals surface area contributed by atoms with Crippen molar-refractivity contribution in [3.05, 3.63) is 52.8 Å². The fourth-order valence-corrected chi connectivity index (χ4v) is 4.74. The van der Waals surface area contributed by atoms with Crippen LogP contribution in [0.5, 0.6) is 0 Å². The van der Waals surface area contributed by atoms with Crippen LogP contribution in [0.2, 0.25) is 0 Å². The molecule has 0 saturated heterocycles. The molecule has 3 aromatic rings. The number of carbonyl (C=O) groups is 1. The molecule has 5 rings (SSSR count). The minimum absolute atomic E-state index is 0.0463. The van der Waals surface area contributed by atoms with Gasteiger partial charge in [0, 0.05) is 42.8 Å². The van der Waals surface area contributed by atoms with Crippen molar-refractivity contribution in [2.75, 3.05) is 11.9 Å². The van der Waals surface area contributed by atoms with Crippen LogP contribution in [0.25, 0.3) is 11.4 Å². The first-order valence-corrected chi connectivity index (χ1v) is 10.1. The number of rotatable bonds is 3. The van der Waals surface area contributed by atoms with E-state index in [0.717, 1.165) is 47.0 Å². The zero-order valence-corrected chi connectivity index (χ0v) is 15.7. The summed E-state index contributed by atoms with van der Waals surface area (Å²) in [7, 11) is 0. The predicted octanol–water partition coefficient (Wildman–Crippen LogP) is 3.28. The number of benzene rings is 1. The summed E-state index contributed by atoms with van der Waals surface area (Å²) < 4.78 is 7.69. The van der Waals surface area contributed by atoms with Gasteiger partial charge in [-0.05, 0) is 6.42 Å². The molecule has 6 nitrogen and oxygen atoms in total. The Balaban J connectivity index is 1.30. The number of hydrogen-bond donors (Lipinski definition) is 1. The minimum Gasteiger partial charge on any atom is -0.375 e. The third-order valence-corrected chi connectivity index (χ3v) is 6.21.